The Labute approximate surface area is 285 Å². The van der Waals surface area contributed by atoms with Crippen LogP contribution in [-0.4, -0.2) is 30.8 Å². The molecule has 256 valence electrons. The average molecular weight is 704 g/mol. The van der Waals surface area contributed by atoms with E-state index in [2.05, 4.69) is 22.9 Å². The quantitative estimate of drug-likeness (QED) is 0.0694. The molecule has 0 unspecified atom stereocenters. The molecule has 7 heteroatoms. The van der Waals surface area contributed by atoms with Gasteiger partial charge < -0.3 is 14.2 Å². The molecule has 1 aliphatic carbocycles. The normalized spacial score (nSPS) is 17.0. The van der Waals surface area contributed by atoms with Crippen molar-refractivity contribution in [2.75, 3.05) is 6.61 Å². The number of halogens is 2. The minimum absolute atomic E-state index is 0.156. The second kappa shape index (κ2) is 22.2. The fourth-order valence-corrected chi connectivity index (χ4v) is 6.55. The predicted octanol–water partition coefficient (Wildman–Crippen LogP) is 11.5. The second-order valence-corrected chi connectivity index (χ2v) is 13.8. The van der Waals surface area contributed by atoms with Crippen molar-refractivity contribution < 1.29 is 28.2 Å². The van der Waals surface area contributed by atoms with Gasteiger partial charge in [0.05, 0.1) is 16.6 Å². The highest BCUT2D eigenvalue weighted by molar-refractivity contribution is 9.10. The molecular weight excluding hydrogens is 647 g/mol. The summed E-state index contributed by atoms with van der Waals surface area (Å²) < 4.78 is 31.7. The van der Waals surface area contributed by atoms with Gasteiger partial charge in [0, 0.05) is 0 Å². The van der Waals surface area contributed by atoms with Crippen molar-refractivity contribution in [1.29, 1.82) is 0 Å². The number of rotatable bonds is 22. The summed E-state index contributed by atoms with van der Waals surface area (Å²) in [6, 6.07) is 13.0. The van der Waals surface area contributed by atoms with Gasteiger partial charge in [0.1, 0.15) is 17.6 Å². The fourth-order valence-electron chi connectivity index (χ4n) is 6.06. The van der Waals surface area contributed by atoms with Gasteiger partial charge in [-0.25, -0.2) is 14.0 Å². The number of carbonyl (C=O) groups is 2. The maximum atomic E-state index is 13.9. The highest BCUT2D eigenvalue weighted by Crippen LogP contribution is 2.31. The zero-order valence-electron chi connectivity index (χ0n) is 28.2. The minimum atomic E-state index is -1.49. The monoisotopic (exact) mass is 702 g/mol. The molecule has 1 aliphatic rings. The molecule has 0 amide bonds. The summed E-state index contributed by atoms with van der Waals surface area (Å²) in [4.78, 5) is 24.8. The molecule has 1 fully saturated rings. The van der Waals surface area contributed by atoms with Crippen LogP contribution in [0.1, 0.15) is 145 Å². The number of hydrogen-bond acceptors (Lipinski definition) is 5. The van der Waals surface area contributed by atoms with Gasteiger partial charge in [0.2, 0.25) is 0 Å². The smallest absolute Gasteiger partial charge is 0.343 e. The van der Waals surface area contributed by atoms with Gasteiger partial charge >= 0.3 is 11.9 Å². The zero-order valence-corrected chi connectivity index (χ0v) is 29.8. The van der Waals surface area contributed by atoms with Gasteiger partial charge in [-0.1, -0.05) is 96.6 Å². The van der Waals surface area contributed by atoms with E-state index in [0.29, 0.717) is 30.3 Å². The van der Waals surface area contributed by atoms with E-state index < -0.39 is 18.1 Å². The van der Waals surface area contributed by atoms with Gasteiger partial charge in [0.15, 0.2) is 6.17 Å². The molecule has 1 atom stereocenters. The molecule has 0 heterocycles. The summed E-state index contributed by atoms with van der Waals surface area (Å²) in [5.74, 6) is 0.720. The van der Waals surface area contributed by atoms with Crippen molar-refractivity contribution in [3.8, 4) is 11.5 Å². The summed E-state index contributed by atoms with van der Waals surface area (Å²) in [5, 5.41) is 0. The summed E-state index contributed by atoms with van der Waals surface area (Å²) in [6.45, 7) is 4.91. The fraction of sp³-hybridized carbons (Fsp3) is 0.641. The standard InChI is InChI=1S/C39H56BrFO5/c1-3-5-7-8-9-10-11-12-13-14-28-44-37-27-22-32(29-35(37)40)38(42)45-33-23-18-30(19-24-33)16-17-31-20-25-34(26-21-31)46-39(43)36(41)15-6-4-2/h18-19,22-24,27,29,31,34,36H,3-17,20-21,25-26,28H2,1-2H3/t31-,34-,36-/m0/s1. The first-order valence-corrected chi connectivity index (χ1v) is 18.8. The molecule has 1 saturated carbocycles. The van der Waals surface area contributed by atoms with Crippen LogP contribution in [0.5, 0.6) is 11.5 Å². The molecule has 5 nitrogen and oxygen atoms in total. The first-order chi connectivity index (χ1) is 22.4. The molecule has 0 bridgehead atoms. The molecule has 0 aliphatic heterocycles. The molecule has 0 saturated heterocycles. The van der Waals surface area contributed by atoms with Gasteiger partial charge in [-0.05, 0) is 109 Å². The van der Waals surface area contributed by atoms with Gasteiger partial charge in [-0.3, -0.25) is 0 Å². The number of hydrogen-bond donors (Lipinski definition) is 0. The lowest BCUT2D eigenvalue weighted by atomic mass is 9.83. The van der Waals surface area contributed by atoms with Gasteiger partial charge in [0.25, 0.3) is 0 Å². The third-order valence-corrected chi connectivity index (χ3v) is 9.66. The first kappa shape index (κ1) is 38.0. The number of esters is 2. The first-order valence-electron chi connectivity index (χ1n) is 18.0. The SMILES string of the molecule is CCCCCCCCCCCCOc1ccc(C(=O)Oc2ccc(CC[C@H]3CC[C@H](OC(=O)[C@@H](F)CCCC)CC3)cc2)cc1Br. The Balaban J connectivity index is 1.30. The third kappa shape index (κ3) is 14.6. The van der Waals surface area contributed by atoms with Crippen LogP contribution in [0.2, 0.25) is 0 Å². The Morgan fingerprint density at radius 3 is 2.09 bits per heavy atom. The number of aryl methyl sites for hydroxylation is 1. The summed E-state index contributed by atoms with van der Waals surface area (Å²) >= 11 is 3.55. The lowest BCUT2D eigenvalue weighted by molar-refractivity contribution is -0.157. The molecule has 0 aromatic heterocycles. The van der Waals surface area contributed by atoms with E-state index in [4.69, 9.17) is 14.2 Å². The van der Waals surface area contributed by atoms with Gasteiger partial charge in [-0.15, -0.1) is 0 Å². The topological polar surface area (TPSA) is 61.8 Å². The predicted molar refractivity (Wildman–Crippen MR) is 187 cm³/mol. The Kier molecular flexibility index (Phi) is 18.4. The summed E-state index contributed by atoms with van der Waals surface area (Å²) in [6.07, 6.45) is 18.6. The number of carbonyl (C=O) groups excluding carboxylic acids is 2. The zero-order chi connectivity index (χ0) is 33.0. The van der Waals surface area contributed by atoms with Crippen LogP contribution in [0.15, 0.2) is 46.9 Å². The Morgan fingerprint density at radius 1 is 0.826 bits per heavy atom. The van der Waals surface area contributed by atoms with Crippen LogP contribution < -0.4 is 9.47 Å². The lowest BCUT2D eigenvalue weighted by Crippen LogP contribution is -2.29. The highest BCUT2D eigenvalue weighted by Gasteiger charge is 2.27. The van der Waals surface area contributed by atoms with Crippen LogP contribution in [0.3, 0.4) is 0 Å². The van der Waals surface area contributed by atoms with E-state index in [1.807, 2.05) is 37.3 Å². The highest BCUT2D eigenvalue weighted by atomic mass is 79.9. The summed E-state index contributed by atoms with van der Waals surface area (Å²) in [5.41, 5.74) is 1.66. The molecule has 3 rings (SSSR count). The van der Waals surface area contributed by atoms with Gasteiger partial charge in [-0.2, -0.15) is 0 Å². The largest absolute Gasteiger partial charge is 0.492 e. The van der Waals surface area contributed by atoms with E-state index in [1.165, 1.54) is 63.4 Å². The molecule has 0 spiro atoms. The molecule has 0 radical (unpaired) electrons. The minimum Gasteiger partial charge on any atom is -0.492 e. The number of ether oxygens (including phenoxy) is 3. The van der Waals surface area contributed by atoms with E-state index in [-0.39, 0.29) is 12.5 Å². The van der Waals surface area contributed by atoms with Crippen molar-refractivity contribution in [2.45, 2.75) is 148 Å². The molecule has 2 aromatic rings. The average Bonchev–Trinajstić information content (AvgIpc) is 3.07. The van der Waals surface area contributed by atoms with Crippen molar-refractivity contribution in [1.82, 2.24) is 0 Å². The number of unbranched alkanes of at least 4 members (excludes halogenated alkanes) is 10. The lowest BCUT2D eigenvalue weighted by Gasteiger charge is -2.28. The van der Waals surface area contributed by atoms with E-state index in [1.54, 1.807) is 12.1 Å². The Morgan fingerprint density at radius 2 is 1.46 bits per heavy atom. The molecule has 46 heavy (non-hydrogen) atoms. The number of benzene rings is 2. The molecule has 0 N–H and O–H groups in total. The van der Waals surface area contributed by atoms with Crippen LogP contribution in [0.25, 0.3) is 0 Å². The summed E-state index contributed by atoms with van der Waals surface area (Å²) in [7, 11) is 0. The maximum Gasteiger partial charge on any atom is 0.343 e. The van der Waals surface area contributed by atoms with Crippen LogP contribution in [0, 0.1) is 5.92 Å². The third-order valence-electron chi connectivity index (χ3n) is 9.04. The van der Waals surface area contributed by atoms with Crippen molar-refractivity contribution in [3.63, 3.8) is 0 Å². The van der Waals surface area contributed by atoms with E-state index in [9.17, 15) is 14.0 Å². The van der Waals surface area contributed by atoms with E-state index in [0.717, 1.165) is 61.6 Å². The van der Waals surface area contributed by atoms with Crippen molar-refractivity contribution >= 4 is 27.9 Å². The number of alkyl halides is 1. The Hall–Kier alpha value is -2.41. The molecule has 2 aromatic carbocycles. The van der Waals surface area contributed by atoms with Crippen molar-refractivity contribution in [2.24, 2.45) is 5.92 Å². The van der Waals surface area contributed by atoms with Crippen LogP contribution >= 0.6 is 15.9 Å². The molecular formula is C39H56BrFO5. The Bertz CT molecular complexity index is 1150. The van der Waals surface area contributed by atoms with Crippen molar-refractivity contribution in [3.05, 3.63) is 58.1 Å². The van der Waals surface area contributed by atoms with Crippen LogP contribution in [0.4, 0.5) is 4.39 Å². The second-order valence-electron chi connectivity index (χ2n) is 12.9. The maximum absolute atomic E-state index is 13.9. The van der Waals surface area contributed by atoms with Crippen LogP contribution in [-0.2, 0) is 16.0 Å². The van der Waals surface area contributed by atoms with E-state index >= 15 is 0 Å².